The van der Waals surface area contributed by atoms with Crippen molar-refractivity contribution in [2.75, 3.05) is 13.7 Å². The first-order valence-electron chi connectivity index (χ1n) is 6.47. The average molecular weight is 292 g/mol. The smallest absolute Gasteiger partial charge is 0.161 e. The van der Waals surface area contributed by atoms with Gasteiger partial charge in [0, 0.05) is 5.02 Å². The van der Waals surface area contributed by atoms with Crippen molar-refractivity contribution >= 4 is 11.6 Å². The maximum atomic E-state index is 5.85. The highest BCUT2D eigenvalue weighted by Gasteiger charge is 2.06. The molecule has 0 unspecified atom stereocenters. The molecule has 0 fully saturated rings. The molecular weight excluding hydrogens is 274 g/mol. The number of rotatable bonds is 6. The Bertz CT molecular complexity index is 555. The lowest BCUT2D eigenvalue weighted by Gasteiger charge is -2.12. The van der Waals surface area contributed by atoms with Crippen molar-refractivity contribution in [2.45, 2.75) is 13.0 Å². The molecule has 2 N–H and O–H groups in total. The van der Waals surface area contributed by atoms with Crippen LogP contribution in [0.25, 0.3) is 0 Å². The summed E-state index contributed by atoms with van der Waals surface area (Å²) in [6.07, 6.45) is 0.827. The van der Waals surface area contributed by atoms with Gasteiger partial charge in [-0.3, -0.25) is 0 Å². The SMILES string of the molecule is COc1cc(CCN)ccc1OCc1ccc(Cl)cc1. The number of hydrogen-bond donors (Lipinski definition) is 1. The summed E-state index contributed by atoms with van der Waals surface area (Å²) in [5, 5.41) is 0.720. The van der Waals surface area contributed by atoms with Gasteiger partial charge in [0.15, 0.2) is 11.5 Å². The molecule has 106 valence electrons. The first-order valence-corrected chi connectivity index (χ1v) is 6.85. The van der Waals surface area contributed by atoms with Crippen LogP contribution in [-0.4, -0.2) is 13.7 Å². The first kappa shape index (κ1) is 14.7. The molecule has 0 bridgehead atoms. The highest BCUT2D eigenvalue weighted by Crippen LogP contribution is 2.29. The van der Waals surface area contributed by atoms with Crippen molar-refractivity contribution in [3.8, 4) is 11.5 Å². The summed E-state index contributed by atoms with van der Waals surface area (Å²) in [5.41, 5.74) is 7.75. The van der Waals surface area contributed by atoms with E-state index in [2.05, 4.69) is 0 Å². The fourth-order valence-electron chi connectivity index (χ4n) is 1.90. The Balaban J connectivity index is 2.06. The van der Waals surface area contributed by atoms with Gasteiger partial charge in [0.25, 0.3) is 0 Å². The van der Waals surface area contributed by atoms with E-state index in [1.807, 2.05) is 42.5 Å². The number of halogens is 1. The predicted octanol–water partition coefficient (Wildman–Crippen LogP) is 3.43. The molecule has 0 aliphatic heterocycles. The Labute approximate surface area is 124 Å². The molecule has 0 radical (unpaired) electrons. The van der Waals surface area contributed by atoms with E-state index in [1.165, 1.54) is 0 Å². The van der Waals surface area contributed by atoms with Crippen LogP contribution < -0.4 is 15.2 Å². The molecule has 2 aromatic carbocycles. The van der Waals surface area contributed by atoms with Crippen LogP contribution in [0.4, 0.5) is 0 Å². The Hall–Kier alpha value is -1.71. The molecule has 0 saturated carbocycles. The number of hydrogen-bond acceptors (Lipinski definition) is 3. The lowest BCUT2D eigenvalue weighted by Crippen LogP contribution is -2.03. The van der Waals surface area contributed by atoms with Crippen LogP contribution in [0.2, 0.25) is 5.02 Å². The Kier molecular flexibility index (Phi) is 5.27. The maximum Gasteiger partial charge on any atom is 0.161 e. The van der Waals surface area contributed by atoms with Gasteiger partial charge in [-0.15, -0.1) is 0 Å². The number of ether oxygens (including phenoxy) is 2. The van der Waals surface area contributed by atoms with Gasteiger partial charge < -0.3 is 15.2 Å². The van der Waals surface area contributed by atoms with Crippen LogP contribution in [0.15, 0.2) is 42.5 Å². The van der Waals surface area contributed by atoms with Gasteiger partial charge in [0.1, 0.15) is 6.61 Å². The highest BCUT2D eigenvalue weighted by molar-refractivity contribution is 6.30. The minimum atomic E-state index is 0.476. The van der Waals surface area contributed by atoms with Crippen LogP contribution >= 0.6 is 11.6 Å². The fourth-order valence-corrected chi connectivity index (χ4v) is 2.02. The summed E-state index contributed by atoms with van der Waals surface area (Å²) in [5.74, 6) is 1.45. The van der Waals surface area contributed by atoms with Gasteiger partial charge in [0.05, 0.1) is 7.11 Å². The normalized spacial score (nSPS) is 10.3. The third kappa shape index (κ3) is 3.89. The second-order valence-corrected chi connectivity index (χ2v) is 4.88. The Morgan fingerprint density at radius 3 is 2.35 bits per heavy atom. The lowest BCUT2D eigenvalue weighted by atomic mass is 10.1. The van der Waals surface area contributed by atoms with Gasteiger partial charge in [-0.05, 0) is 48.4 Å². The summed E-state index contributed by atoms with van der Waals surface area (Å²) < 4.78 is 11.1. The summed E-state index contributed by atoms with van der Waals surface area (Å²) in [6.45, 7) is 1.10. The fraction of sp³-hybridized carbons (Fsp3) is 0.250. The van der Waals surface area contributed by atoms with E-state index in [0.717, 1.165) is 34.1 Å². The molecule has 0 aliphatic rings. The number of methoxy groups -OCH3 is 1. The van der Waals surface area contributed by atoms with E-state index in [4.69, 9.17) is 26.8 Å². The molecule has 0 atom stereocenters. The van der Waals surface area contributed by atoms with Crippen molar-refractivity contribution in [1.82, 2.24) is 0 Å². The summed E-state index contributed by atoms with van der Waals surface area (Å²) in [4.78, 5) is 0. The van der Waals surface area contributed by atoms with Gasteiger partial charge in [-0.1, -0.05) is 29.8 Å². The molecule has 0 spiro atoms. The van der Waals surface area contributed by atoms with Crippen LogP contribution in [0.1, 0.15) is 11.1 Å². The van der Waals surface area contributed by atoms with E-state index in [1.54, 1.807) is 7.11 Å². The zero-order valence-electron chi connectivity index (χ0n) is 11.4. The summed E-state index contributed by atoms with van der Waals surface area (Å²) >= 11 is 5.85. The molecular formula is C16H18ClNO2. The average Bonchev–Trinajstić information content (AvgIpc) is 2.47. The zero-order valence-corrected chi connectivity index (χ0v) is 12.2. The van der Waals surface area contributed by atoms with Crippen LogP contribution in [0.5, 0.6) is 11.5 Å². The molecule has 20 heavy (non-hydrogen) atoms. The van der Waals surface area contributed by atoms with E-state index in [0.29, 0.717) is 13.2 Å². The molecule has 0 aliphatic carbocycles. The van der Waals surface area contributed by atoms with Gasteiger partial charge in [-0.2, -0.15) is 0 Å². The highest BCUT2D eigenvalue weighted by atomic mass is 35.5. The Morgan fingerprint density at radius 2 is 1.70 bits per heavy atom. The molecule has 4 heteroatoms. The summed E-state index contributed by atoms with van der Waals surface area (Å²) in [6, 6.07) is 13.5. The molecule has 2 aromatic rings. The first-order chi connectivity index (χ1) is 9.72. The molecule has 2 rings (SSSR count). The monoisotopic (exact) mass is 291 g/mol. The van der Waals surface area contributed by atoms with Crippen molar-refractivity contribution in [3.05, 3.63) is 58.6 Å². The molecule has 0 amide bonds. The largest absolute Gasteiger partial charge is 0.493 e. The second kappa shape index (κ2) is 7.17. The Morgan fingerprint density at radius 1 is 1.00 bits per heavy atom. The maximum absolute atomic E-state index is 5.85. The number of nitrogens with two attached hydrogens (primary N) is 1. The van der Waals surface area contributed by atoms with E-state index in [-0.39, 0.29) is 0 Å². The third-order valence-electron chi connectivity index (χ3n) is 2.97. The standard InChI is InChI=1S/C16H18ClNO2/c1-19-16-10-12(8-9-18)4-7-15(16)20-11-13-2-5-14(17)6-3-13/h2-7,10H,8-9,11,18H2,1H3. The third-order valence-corrected chi connectivity index (χ3v) is 3.22. The van der Waals surface area contributed by atoms with E-state index < -0.39 is 0 Å². The molecule has 0 saturated heterocycles. The van der Waals surface area contributed by atoms with Crippen molar-refractivity contribution in [3.63, 3.8) is 0 Å². The quantitative estimate of drug-likeness (QED) is 0.887. The van der Waals surface area contributed by atoms with Crippen molar-refractivity contribution in [2.24, 2.45) is 5.73 Å². The van der Waals surface area contributed by atoms with Gasteiger partial charge in [-0.25, -0.2) is 0 Å². The van der Waals surface area contributed by atoms with Crippen LogP contribution in [0, 0.1) is 0 Å². The van der Waals surface area contributed by atoms with Crippen molar-refractivity contribution < 1.29 is 9.47 Å². The number of benzene rings is 2. The van der Waals surface area contributed by atoms with Crippen molar-refractivity contribution in [1.29, 1.82) is 0 Å². The second-order valence-electron chi connectivity index (χ2n) is 4.44. The molecule has 3 nitrogen and oxygen atoms in total. The van der Waals surface area contributed by atoms with Gasteiger partial charge >= 0.3 is 0 Å². The lowest BCUT2D eigenvalue weighted by molar-refractivity contribution is 0.284. The van der Waals surface area contributed by atoms with Crippen LogP contribution in [0.3, 0.4) is 0 Å². The minimum Gasteiger partial charge on any atom is -0.493 e. The topological polar surface area (TPSA) is 44.5 Å². The zero-order chi connectivity index (χ0) is 14.4. The predicted molar refractivity (Wildman–Crippen MR) is 81.5 cm³/mol. The minimum absolute atomic E-state index is 0.476. The van der Waals surface area contributed by atoms with Crippen LogP contribution in [-0.2, 0) is 13.0 Å². The van der Waals surface area contributed by atoms with Gasteiger partial charge in [0.2, 0.25) is 0 Å². The molecule has 0 aromatic heterocycles. The molecule has 0 heterocycles. The van der Waals surface area contributed by atoms with E-state index in [9.17, 15) is 0 Å². The summed E-state index contributed by atoms with van der Waals surface area (Å²) in [7, 11) is 1.64. The van der Waals surface area contributed by atoms with E-state index >= 15 is 0 Å².